The van der Waals surface area contributed by atoms with E-state index in [0.717, 1.165) is 5.56 Å². The summed E-state index contributed by atoms with van der Waals surface area (Å²) in [6.07, 6.45) is 1.46. The number of hydrogen-bond acceptors (Lipinski definition) is 7. The van der Waals surface area contributed by atoms with Crippen LogP contribution in [0.25, 0.3) is 6.08 Å². The third-order valence-corrected chi connectivity index (χ3v) is 5.49. The van der Waals surface area contributed by atoms with Crippen molar-refractivity contribution in [3.05, 3.63) is 104 Å². The molecule has 3 aromatic carbocycles. The topological polar surface area (TPSA) is 100 Å². The number of esters is 1. The molecule has 0 atom stereocenters. The zero-order valence-electron chi connectivity index (χ0n) is 18.6. The summed E-state index contributed by atoms with van der Waals surface area (Å²) in [5, 5.41) is 11.4. The second-order valence-electron chi connectivity index (χ2n) is 7.49. The van der Waals surface area contributed by atoms with Crippen molar-refractivity contribution in [2.75, 3.05) is 7.11 Å². The number of carbonyl (C=O) groups is 1. The van der Waals surface area contributed by atoms with Crippen molar-refractivity contribution in [3.8, 4) is 11.5 Å². The van der Waals surface area contributed by atoms with E-state index in [1.165, 1.54) is 37.5 Å². The highest BCUT2D eigenvalue weighted by Gasteiger charge is 2.27. The molecule has 0 N–H and O–H groups in total. The number of methoxy groups -OCH3 is 1. The standard InChI is InChI=1S/C25H18ClFN2O6/c1-14-18(4-3-5-21(14)29(31)32)24-28-20(25(30)35-24)11-16-10-19(26)23(22(12-16)33-2)34-13-15-6-8-17(27)9-7-15/h3-12H,13H2,1-2H3/b20-11-. The lowest BCUT2D eigenvalue weighted by atomic mass is 10.1. The molecule has 4 rings (SSSR count). The molecule has 0 aromatic heterocycles. The Morgan fingerprint density at radius 3 is 2.63 bits per heavy atom. The number of ether oxygens (including phenoxy) is 3. The van der Waals surface area contributed by atoms with Crippen molar-refractivity contribution in [2.45, 2.75) is 13.5 Å². The molecule has 35 heavy (non-hydrogen) atoms. The van der Waals surface area contributed by atoms with Crippen LogP contribution in [-0.2, 0) is 16.1 Å². The van der Waals surface area contributed by atoms with Gasteiger partial charge >= 0.3 is 5.97 Å². The van der Waals surface area contributed by atoms with Gasteiger partial charge < -0.3 is 14.2 Å². The van der Waals surface area contributed by atoms with Crippen molar-refractivity contribution in [1.82, 2.24) is 0 Å². The summed E-state index contributed by atoms with van der Waals surface area (Å²) < 4.78 is 29.5. The molecule has 0 spiro atoms. The number of nitrogens with zero attached hydrogens (tertiary/aromatic N) is 2. The molecule has 0 saturated carbocycles. The van der Waals surface area contributed by atoms with Gasteiger partial charge in [-0.05, 0) is 54.5 Å². The minimum absolute atomic E-state index is 0.0102. The molecule has 0 fully saturated rings. The maximum atomic E-state index is 13.1. The number of halogens is 2. The van der Waals surface area contributed by atoms with Gasteiger partial charge in [0.15, 0.2) is 17.2 Å². The van der Waals surface area contributed by atoms with Gasteiger partial charge in [-0.15, -0.1) is 0 Å². The molecule has 1 aliphatic heterocycles. The fourth-order valence-electron chi connectivity index (χ4n) is 3.43. The Morgan fingerprint density at radius 1 is 1.20 bits per heavy atom. The smallest absolute Gasteiger partial charge is 0.363 e. The molecule has 0 radical (unpaired) electrons. The Balaban J connectivity index is 1.61. The van der Waals surface area contributed by atoms with Gasteiger partial charge in [0, 0.05) is 17.2 Å². The molecule has 1 heterocycles. The van der Waals surface area contributed by atoms with Crippen LogP contribution in [0.4, 0.5) is 10.1 Å². The summed E-state index contributed by atoms with van der Waals surface area (Å²) in [6.45, 7) is 1.69. The first-order valence-corrected chi connectivity index (χ1v) is 10.7. The summed E-state index contributed by atoms with van der Waals surface area (Å²) in [6, 6.07) is 13.5. The minimum atomic E-state index is -0.711. The Bertz CT molecular complexity index is 1390. The SMILES string of the molecule is COc1cc(/C=C2\N=C(c3cccc([N+](=O)[O-])c3C)OC2=O)cc(Cl)c1OCc1ccc(F)cc1. The van der Waals surface area contributed by atoms with Gasteiger partial charge in [-0.3, -0.25) is 10.1 Å². The first-order valence-electron chi connectivity index (χ1n) is 10.3. The molecule has 1 aliphatic rings. The Labute approximate surface area is 204 Å². The van der Waals surface area contributed by atoms with E-state index in [2.05, 4.69) is 4.99 Å². The van der Waals surface area contributed by atoms with Crippen LogP contribution >= 0.6 is 11.6 Å². The predicted octanol–water partition coefficient (Wildman–Crippen LogP) is 5.63. The molecule has 0 amide bonds. The number of hydrogen-bond donors (Lipinski definition) is 0. The van der Waals surface area contributed by atoms with Gasteiger partial charge in [0.2, 0.25) is 5.90 Å². The number of benzene rings is 3. The number of cyclic esters (lactones) is 1. The molecule has 0 saturated heterocycles. The second kappa shape index (κ2) is 9.94. The lowest BCUT2D eigenvalue weighted by Gasteiger charge is -2.13. The summed E-state index contributed by atoms with van der Waals surface area (Å²) in [5.74, 6) is -0.487. The first kappa shape index (κ1) is 23.9. The van der Waals surface area contributed by atoms with E-state index in [4.69, 9.17) is 25.8 Å². The average Bonchev–Trinajstić information content (AvgIpc) is 3.18. The Morgan fingerprint density at radius 2 is 1.94 bits per heavy atom. The van der Waals surface area contributed by atoms with Gasteiger partial charge in [-0.2, -0.15) is 0 Å². The van der Waals surface area contributed by atoms with Crippen LogP contribution in [0.3, 0.4) is 0 Å². The molecule has 10 heteroatoms. The lowest BCUT2D eigenvalue weighted by molar-refractivity contribution is -0.385. The normalized spacial score (nSPS) is 14.0. The number of rotatable bonds is 7. The van der Waals surface area contributed by atoms with Gasteiger partial charge in [-0.1, -0.05) is 29.8 Å². The number of nitro groups is 1. The van der Waals surface area contributed by atoms with E-state index in [1.807, 2.05) is 0 Å². The Kier molecular flexibility index (Phi) is 6.79. The molecule has 0 bridgehead atoms. The van der Waals surface area contributed by atoms with E-state index in [-0.39, 0.29) is 40.5 Å². The fourth-order valence-corrected chi connectivity index (χ4v) is 3.71. The second-order valence-corrected chi connectivity index (χ2v) is 7.90. The van der Waals surface area contributed by atoms with E-state index in [9.17, 15) is 19.3 Å². The van der Waals surface area contributed by atoms with Crippen LogP contribution in [0.5, 0.6) is 11.5 Å². The molecule has 0 unspecified atom stereocenters. The third-order valence-electron chi connectivity index (χ3n) is 5.20. The van der Waals surface area contributed by atoms with Crippen LogP contribution in [0, 0.1) is 22.9 Å². The van der Waals surface area contributed by atoms with Crippen LogP contribution < -0.4 is 9.47 Å². The monoisotopic (exact) mass is 496 g/mol. The van der Waals surface area contributed by atoms with Crippen molar-refractivity contribution < 1.29 is 28.3 Å². The van der Waals surface area contributed by atoms with Gasteiger partial charge in [-0.25, -0.2) is 14.2 Å². The van der Waals surface area contributed by atoms with Gasteiger partial charge in [0.05, 0.1) is 17.1 Å². The quantitative estimate of drug-likeness (QED) is 0.182. The zero-order chi connectivity index (χ0) is 25.1. The van der Waals surface area contributed by atoms with E-state index < -0.39 is 10.9 Å². The Hall–Kier alpha value is -4.24. The van der Waals surface area contributed by atoms with Crippen molar-refractivity contribution in [2.24, 2.45) is 4.99 Å². The van der Waals surface area contributed by atoms with E-state index in [0.29, 0.717) is 22.4 Å². The van der Waals surface area contributed by atoms with Gasteiger partial charge in [0.25, 0.3) is 5.69 Å². The summed E-state index contributed by atoms with van der Waals surface area (Å²) in [7, 11) is 1.44. The third kappa shape index (κ3) is 5.15. The summed E-state index contributed by atoms with van der Waals surface area (Å²) >= 11 is 6.41. The van der Waals surface area contributed by atoms with Crippen LogP contribution in [0.1, 0.15) is 22.3 Å². The summed E-state index contributed by atoms with van der Waals surface area (Å²) in [4.78, 5) is 27.4. The van der Waals surface area contributed by atoms with Crippen molar-refractivity contribution in [3.63, 3.8) is 0 Å². The molecule has 8 nitrogen and oxygen atoms in total. The van der Waals surface area contributed by atoms with Crippen molar-refractivity contribution in [1.29, 1.82) is 0 Å². The molecular weight excluding hydrogens is 479 g/mol. The van der Waals surface area contributed by atoms with E-state index >= 15 is 0 Å². The lowest BCUT2D eigenvalue weighted by Crippen LogP contribution is -2.08. The first-order chi connectivity index (χ1) is 16.8. The van der Waals surface area contributed by atoms with Crippen molar-refractivity contribution >= 4 is 35.2 Å². The number of aliphatic imine (C=N–C) groups is 1. The zero-order valence-corrected chi connectivity index (χ0v) is 19.3. The van der Waals surface area contributed by atoms with Crippen LogP contribution in [0.2, 0.25) is 5.02 Å². The highest BCUT2D eigenvalue weighted by atomic mass is 35.5. The molecule has 0 aliphatic carbocycles. The highest BCUT2D eigenvalue weighted by Crippen LogP contribution is 2.38. The number of carbonyl (C=O) groups excluding carboxylic acids is 1. The predicted molar refractivity (Wildman–Crippen MR) is 127 cm³/mol. The average molecular weight is 497 g/mol. The maximum Gasteiger partial charge on any atom is 0.363 e. The number of nitro benzene ring substituents is 1. The highest BCUT2D eigenvalue weighted by molar-refractivity contribution is 6.32. The summed E-state index contributed by atoms with van der Waals surface area (Å²) in [5.41, 5.74) is 1.79. The molecule has 3 aromatic rings. The maximum absolute atomic E-state index is 13.1. The van der Waals surface area contributed by atoms with Gasteiger partial charge in [0.1, 0.15) is 12.4 Å². The fraction of sp³-hybridized carbons (Fsp3) is 0.120. The molecule has 178 valence electrons. The minimum Gasteiger partial charge on any atom is -0.493 e. The van der Waals surface area contributed by atoms with Crippen LogP contribution in [0.15, 0.2) is 65.3 Å². The van der Waals surface area contributed by atoms with Crippen LogP contribution in [-0.4, -0.2) is 23.9 Å². The largest absolute Gasteiger partial charge is 0.493 e. The van der Waals surface area contributed by atoms with E-state index in [1.54, 1.807) is 37.3 Å². The molecular formula is C25H18ClFN2O6.